The van der Waals surface area contributed by atoms with E-state index in [4.69, 9.17) is 4.74 Å². The van der Waals surface area contributed by atoms with Gasteiger partial charge in [0, 0.05) is 12.8 Å². The predicted molar refractivity (Wildman–Crippen MR) is 83.7 cm³/mol. The minimum Gasteiger partial charge on any atom is -0.457 e. The van der Waals surface area contributed by atoms with Gasteiger partial charge in [0.25, 0.3) is 0 Å². The van der Waals surface area contributed by atoms with E-state index in [1.165, 1.54) is 0 Å². The van der Waals surface area contributed by atoms with Crippen LogP contribution >= 0.6 is 0 Å². The first-order valence-corrected chi connectivity index (χ1v) is 7.32. The Bertz CT molecular complexity index is 721. The molecule has 0 radical (unpaired) electrons. The Kier molecular flexibility index (Phi) is 4.19. The van der Waals surface area contributed by atoms with Crippen molar-refractivity contribution in [2.75, 3.05) is 4.90 Å². The Labute approximate surface area is 133 Å². The van der Waals surface area contributed by atoms with Gasteiger partial charge < -0.3 is 4.74 Å². The molecule has 1 heterocycles. The number of hydrogen-bond donors (Lipinski definition) is 0. The third kappa shape index (κ3) is 3.29. The number of amides is 2. The molecule has 23 heavy (non-hydrogen) atoms. The van der Waals surface area contributed by atoms with E-state index in [9.17, 15) is 14.4 Å². The van der Waals surface area contributed by atoms with E-state index in [1.54, 1.807) is 24.3 Å². The maximum atomic E-state index is 12.0. The largest absolute Gasteiger partial charge is 0.457 e. The van der Waals surface area contributed by atoms with Crippen LogP contribution in [0.25, 0.3) is 0 Å². The lowest BCUT2D eigenvalue weighted by Gasteiger charge is -2.14. The maximum Gasteiger partial charge on any atom is 0.338 e. The molecule has 2 aromatic carbocycles. The molecule has 3 rings (SSSR count). The lowest BCUT2D eigenvalue weighted by molar-refractivity contribution is -0.121. The van der Waals surface area contributed by atoms with Gasteiger partial charge in [-0.15, -0.1) is 0 Å². The summed E-state index contributed by atoms with van der Waals surface area (Å²) in [5.74, 6) is -0.872. The lowest BCUT2D eigenvalue weighted by Crippen LogP contribution is -2.28. The Balaban J connectivity index is 1.66. The van der Waals surface area contributed by atoms with Gasteiger partial charge in [0.05, 0.1) is 11.3 Å². The molecule has 1 aliphatic heterocycles. The second kappa shape index (κ2) is 6.44. The van der Waals surface area contributed by atoms with Crippen LogP contribution in [0, 0.1) is 0 Å². The summed E-state index contributed by atoms with van der Waals surface area (Å²) in [5.41, 5.74) is 1.77. The molecular formula is C18H15NO4. The molecule has 0 bridgehead atoms. The van der Waals surface area contributed by atoms with Crippen molar-refractivity contribution in [2.24, 2.45) is 0 Å². The van der Waals surface area contributed by atoms with Crippen LogP contribution in [0.2, 0.25) is 0 Å². The highest BCUT2D eigenvalue weighted by molar-refractivity contribution is 6.19. The van der Waals surface area contributed by atoms with Crippen LogP contribution in [0.5, 0.6) is 0 Å². The quantitative estimate of drug-likeness (QED) is 0.643. The normalized spacial score (nSPS) is 14.2. The zero-order valence-corrected chi connectivity index (χ0v) is 12.4. The zero-order chi connectivity index (χ0) is 16.2. The standard InChI is InChI=1S/C18H15NO4/c20-16-10-11-17(21)19(16)15-8-6-14(7-9-15)18(22)23-12-13-4-2-1-3-5-13/h1-9H,10-12H2. The molecule has 0 saturated carbocycles. The van der Waals surface area contributed by atoms with Gasteiger partial charge in [0.15, 0.2) is 0 Å². The molecule has 1 aliphatic rings. The van der Waals surface area contributed by atoms with E-state index in [-0.39, 0.29) is 31.3 Å². The predicted octanol–water partition coefficient (Wildman–Crippen LogP) is 2.70. The van der Waals surface area contributed by atoms with Gasteiger partial charge in [-0.25, -0.2) is 4.79 Å². The fourth-order valence-corrected chi connectivity index (χ4v) is 2.42. The number of benzene rings is 2. The molecule has 0 N–H and O–H groups in total. The first kappa shape index (κ1) is 15.0. The summed E-state index contributed by atoms with van der Waals surface area (Å²) in [7, 11) is 0. The number of rotatable bonds is 4. The van der Waals surface area contributed by atoms with Gasteiger partial charge in [0.1, 0.15) is 6.61 Å². The topological polar surface area (TPSA) is 63.7 Å². The molecule has 5 heteroatoms. The van der Waals surface area contributed by atoms with Gasteiger partial charge >= 0.3 is 5.97 Å². The highest BCUT2D eigenvalue weighted by Gasteiger charge is 2.30. The first-order chi connectivity index (χ1) is 11.1. The number of nitrogens with zero attached hydrogens (tertiary/aromatic N) is 1. The van der Waals surface area contributed by atoms with Crippen molar-refractivity contribution in [3.05, 3.63) is 65.7 Å². The monoisotopic (exact) mass is 309 g/mol. The Morgan fingerprint density at radius 2 is 1.52 bits per heavy atom. The summed E-state index contributed by atoms with van der Waals surface area (Å²) in [6.45, 7) is 0.199. The number of hydrogen-bond acceptors (Lipinski definition) is 4. The zero-order valence-electron chi connectivity index (χ0n) is 12.4. The van der Waals surface area contributed by atoms with Crippen LogP contribution in [0.4, 0.5) is 5.69 Å². The van der Waals surface area contributed by atoms with Crippen molar-refractivity contribution in [3.8, 4) is 0 Å². The van der Waals surface area contributed by atoms with Gasteiger partial charge in [-0.05, 0) is 29.8 Å². The Hall–Kier alpha value is -2.95. The van der Waals surface area contributed by atoms with Crippen molar-refractivity contribution < 1.29 is 19.1 Å². The molecule has 2 aromatic rings. The summed E-state index contributed by atoms with van der Waals surface area (Å²) in [6.07, 6.45) is 0.472. The summed E-state index contributed by atoms with van der Waals surface area (Å²) < 4.78 is 5.24. The minimum atomic E-state index is -0.445. The van der Waals surface area contributed by atoms with E-state index in [0.717, 1.165) is 10.5 Å². The fraction of sp³-hybridized carbons (Fsp3) is 0.167. The molecular weight excluding hydrogens is 294 g/mol. The van der Waals surface area contributed by atoms with Gasteiger partial charge in [0.2, 0.25) is 11.8 Å². The molecule has 0 spiro atoms. The lowest BCUT2D eigenvalue weighted by atomic mass is 10.2. The van der Waals surface area contributed by atoms with Crippen LogP contribution < -0.4 is 4.90 Å². The molecule has 1 fully saturated rings. The molecule has 0 aliphatic carbocycles. The van der Waals surface area contributed by atoms with Crippen LogP contribution in [0.15, 0.2) is 54.6 Å². The van der Waals surface area contributed by atoms with Gasteiger partial charge in [-0.2, -0.15) is 0 Å². The van der Waals surface area contributed by atoms with E-state index >= 15 is 0 Å². The van der Waals surface area contributed by atoms with Crippen molar-refractivity contribution in [3.63, 3.8) is 0 Å². The van der Waals surface area contributed by atoms with Crippen molar-refractivity contribution in [1.82, 2.24) is 0 Å². The van der Waals surface area contributed by atoms with Crippen LogP contribution in [-0.2, 0) is 20.9 Å². The number of carbonyl (C=O) groups is 3. The third-order valence-electron chi connectivity index (χ3n) is 3.63. The molecule has 116 valence electrons. The Morgan fingerprint density at radius 1 is 0.913 bits per heavy atom. The van der Waals surface area contributed by atoms with Crippen LogP contribution in [-0.4, -0.2) is 17.8 Å². The number of imide groups is 1. The number of anilines is 1. The molecule has 0 unspecified atom stereocenters. The second-order valence-corrected chi connectivity index (χ2v) is 5.23. The fourth-order valence-electron chi connectivity index (χ4n) is 2.42. The second-order valence-electron chi connectivity index (χ2n) is 5.23. The smallest absolute Gasteiger partial charge is 0.338 e. The average molecular weight is 309 g/mol. The summed E-state index contributed by atoms with van der Waals surface area (Å²) in [4.78, 5) is 36.5. The van der Waals surface area contributed by atoms with Crippen molar-refractivity contribution in [1.29, 1.82) is 0 Å². The van der Waals surface area contributed by atoms with E-state index < -0.39 is 5.97 Å². The minimum absolute atomic E-state index is 0.199. The Morgan fingerprint density at radius 3 is 2.13 bits per heavy atom. The number of ether oxygens (including phenoxy) is 1. The van der Waals surface area contributed by atoms with Crippen LogP contribution in [0.3, 0.4) is 0 Å². The van der Waals surface area contributed by atoms with E-state index in [0.29, 0.717) is 11.3 Å². The molecule has 1 saturated heterocycles. The molecule has 2 amide bonds. The highest BCUT2D eigenvalue weighted by atomic mass is 16.5. The molecule has 0 atom stereocenters. The summed E-state index contributed by atoms with van der Waals surface area (Å²) in [5, 5.41) is 0. The number of esters is 1. The summed E-state index contributed by atoms with van der Waals surface area (Å²) in [6, 6.07) is 15.7. The van der Waals surface area contributed by atoms with E-state index in [2.05, 4.69) is 0 Å². The third-order valence-corrected chi connectivity index (χ3v) is 3.63. The van der Waals surface area contributed by atoms with Crippen LogP contribution in [0.1, 0.15) is 28.8 Å². The van der Waals surface area contributed by atoms with Gasteiger partial charge in [-0.3, -0.25) is 14.5 Å². The van der Waals surface area contributed by atoms with Crippen molar-refractivity contribution >= 4 is 23.5 Å². The first-order valence-electron chi connectivity index (χ1n) is 7.32. The van der Waals surface area contributed by atoms with Gasteiger partial charge in [-0.1, -0.05) is 30.3 Å². The van der Waals surface area contributed by atoms with E-state index in [1.807, 2.05) is 30.3 Å². The average Bonchev–Trinajstić information content (AvgIpc) is 2.92. The molecule has 5 nitrogen and oxygen atoms in total. The van der Waals surface area contributed by atoms with Crippen molar-refractivity contribution in [2.45, 2.75) is 19.4 Å². The maximum absolute atomic E-state index is 12.0. The highest BCUT2D eigenvalue weighted by Crippen LogP contribution is 2.23. The number of carbonyl (C=O) groups excluding carboxylic acids is 3. The molecule has 0 aromatic heterocycles. The SMILES string of the molecule is O=C(OCc1ccccc1)c1ccc(N2C(=O)CCC2=O)cc1. The summed E-state index contributed by atoms with van der Waals surface area (Å²) >= 11 is 0.